The summed E-state index contributed by atoms with van der Waals surface area (Å²) in [7, 11) is 0. The Morgan fingerprint density at radius 1 is 0.633 bits per heavy atom. The monoisotopic (exact) mass is 828 g/mol. The van der Waals surface area contributed by atoms with Crippen LogP contribution in [0.3, 0.4) is 0 Å². The minimum absolute atomic E-state index is 0.0415. The molecule has 2 spiro atoms. The Labute approximate surface area is 345 Å². The van der Waals surface area contributed by atoms with Crippen LogP contribution in [0.25, 0.3) is 0 Å². The van der Waals surface area contributed by atoms with Gasteiger partial charge >= 0.3 is 6.03 Å². The summed E-state index contributed by atoms with van der Waals surface area (Å²) in [6, 6.07) is 16.8. The Balaban J connectivity index is 0.000000173. The third-order valence-corrected chi connectivity index (χ3v) is 12.0. The molecule has 0 bridgehead atoms. The van der Waals surface area contributed by atoms with E-state index < -0.39 is 29.3 Å². The molecule has 2 heterocycles. The smallest absolute Gasteiger partial charge is 0.317 e. The van der Waals surface area contributed by atoms with E-state index in [1.54, 1.807) is 17.0 Å². The predicted molar refractivity (Wildman–Crippen MR) is 216 cm³/mol. The number of nitrogens with two attached hydrogens (primary N) is 3. The maximum atomic E-state index is 13.6. The maximum absolute atomic E-state index is 13.6. The van der Waals surface area contributed by atoms with Gasteiger partial charge in [0.05, 0.1) is 11.1 Å². The van der Waals surface area contributed by atoms with Gasteiger partial charge in [-0.2, -0.15) is 0 Å². The molecular formula is C45H48F4N6O5. The molecule has 2 aliphatic carbocycles. The standard InChI is InChI=1S/C23H23F2N3O3.C14H16FNO.C8H9FN2O/c24-16-3-2-15-11-23(12-20(29)17(15)10-16)5-7-28(8-6-23)22(31)27-13-14-1-4-19(25)18(9-14)21(26)30;15-11-2-1-10-8-14(3-5-16-6-4-14)9-13(17)12(10)7-11;9-7-2-1-5(4-10)3-6(7)8(11)12/h1-4,9-10H,5-8,11-13H2,(H2,26,30)(H,27,31);1-2,7,16H,3-6,8-9H2;1-3H,4,10H2,(H2,11,12). The molecule has 0 atom stereocenters. The average molecular weight is 829 g/mol. The molecule has 8 N–H and O–H groups in total. The average Bonchev–Trinajstić information content (AvgIpc) is 3.22. The lowest BCUT2D eigenvalue weighted by Gasteiger charge is -2.44. The number of nitrogens with zero attached hydrogens (tertiary/aromatic N) is 1. The van der Waals surface area contributed by atoms with E-state index >= 15 is 0 Å². The number of ketones is 2. The summed E-state index contributed by atoms with van der Waals surface area (Å²) in [6.07, 6.45) is 6.06. The summed E-state index contributed by atoms with van der Waals surface area (Å²) < 4.78 is 53.0. The van der Waals surface area contributed by atoms with E-state index in [1.807, 2.05) is 0 Å². The van der Waals surface area contributed by atoms with Crippen LogP contribution in [0.4, 0.5) is 22.4 Å². The molecule has 0 saturated carbocycles. The number of amides is 4. The van der Waals surface area contributed by atoms with Crippen LogP contribution in [0.1, 0.15) is 102 Å². The van der Waals surface area contributed by atoms with Crippen molar-refractivity contribution in [3.05, 3.63) is 141 Å². The molecule has 4 aliphatic rings. The van der Waals surface area contributed by atoms with E-state index in [-0.39, 0.29) is 58.5 Å². The number of hydrogen-bond acceptors (Lipinski definition) is 7. The zero-order valence-corrected chi connectivity index (χ0v) is 33.1. The highest BCUT2D eigenvalue weighted by Gasteiger charge is 2.42. The minimum atomic E-state index is -0.863. The third kappa shape index (κ3) is 10.3. The number of nitrogens with one attached hydrogen (secondary N) is 2. The summed E-state index contributed by atoms with van der Waals surface area (Å²) in [5.41, 5.74) is 19.2. The molecule has 15 heteroatoms. The number of fused-ring (bicyclic) bond motifs is 2. The molecule has 0 aromatic heterocycles. The highest BCUT2D eigenvalue weighted by molar-refractivity contribution is 6.00. The summed E-state index contributed by atoms with van der Waals surface area (Å²) in [6.45, 7) is 3.39. The van der Waals surface area contributed by atoms with Gasteiger partial charge in [0.1, 0.15) is 23.3 Å². The Morgan fingerprint density at radius 3 is 1.58 bits per heavy atom. The Bertz CT molecular complexity index is 2310. The molecule has 4 aromatic carbocycles. The third-order valence-electron chi connectivity index (χ3n) is 12.0. The molecule has 2 saturated heterocycles. The number of benzene rings is 4. The first-order valence-corrected chi connectivity index (χ1v) is 19.8. The summed E-state index contributed by atoms with van der Waals surface area (Å²) in [5.74, 6) is -3.58. The van der Waals surface area contributed by atoms with Gasteiger partial charge in [0.25, 0.3) is 11.8 Å². The lowest BCUT2D eigenvalue weighted by Crippen LogP contribution is -2.49. The Kier molecular flexibility index (Phi) is 13.5. The van der Waals surface area contributed by atoms with Crippen molar-refractivity contribution in [1.29, 1.82) is 0 Å². The van der Waals surface area contributed by atoms with E-state index in [1.165, 1.54) is 54.6 Å². The zero-order valence-electron chi connectivity index (χ0n) is 33.1. The van der Waals surface area contributed by atoms with Crippen molar-refractivity contribution in [1.82, 2.24) is 15.5 Å². The normalized spacial score (nSPS) is 17.3. The number of primary amides is 2. The number of carbonyl (C=O) groups excluding carboxylic acids is 5. The van der Waals surface area contributed by atoms with Crippen molar-refractivity contribution in [2.24, 2.45) is 28.0 Å². The van der Waals surface area contributed by atoms with Crippen molar-refractivity contribution in [2.75, 3.05) is 26.2 Å². The first kappa shape index (κ1) is 43.6. The van der Waals surface area contributed by atoms with E-state index in [2.05, 4.69) is 10.6 Å². The molecule has 4 aromatic rings. The van der Waals surface area contributed by atoms with Gasteiger partial charge in [0.15, 0.2) is 11.6 Å². The van der Waals surface area contributed by atoms with E-state index in [0.717, 1.165) is 49.5 Å². The van der Waals surface area contributed by atoms with Crippen LogP contribution in [0, 0.1) is 34.1 Å². The van der Waals surface area contributed by atoms with Crippen LogP contribution in [0.2, 0.25) is 0 Å². The van der Waals surface area contributed by atoms with Crippen molar-refractivity contribution < 1.29 is 41.5 Å². The molecule has 316 valence electrons. The number of likely N-dealkylation sites (tertiary alicyclic amines) is 1. The first-order valence-electron chi connectivity index (χ1n) is 19.8. The SMILES string of the molecule is NC(=O)c1cc(CNC(=O)N2CCC3(CC2)CC(=O)c2cc(F)ccc2C3)ccc1F.NCc1ccc(F)c(C(N)=O)c1.O=C1CC2(CCNCC2)Cc2ccc(F)cc21. The Morgan fingerprint density at radius 2 is 1.10 bits per heavy atom. The van der Waals surface area contributed by atoms with Crippen molar-refractivity contribution in [3.63, 3.8) is 0 Å². The largest absolute Gasteiger partial charge is 0.366 e. The lowest BCUT2D eigenvalue weighted by molar-refractivity contribution is 0.0733. The van der Waals surface area contributed by atoms with Crippen LogP contribution in [-0.4, -0.2) is 60.5 Å². The highest BCUT2D eigenvalue weighted by atomic mass is 19.1. The van der Waals surface area contributed by atoms with Crippen LogP contribution in [0.15, 0.2) is 72.8 Å². The van der Waals surface area contributed by atoms with Crippen molar-refractivity contribution >= 4 is 29.4 Å². The number of urea groups is 1. The maximum Gasteiger partial charge on any atom is 0.317 e. The summed E-state index contributed by atoms with van der Waals surface area (Å²) >= 11 is 0. The lowest BCUT2D eigenvalue weighted by atomic mass is 9.66. The molecule has 60 heavy (non-hydrogen) atoms. The van der Waals surface area contributed by atoms with Gasteiger partial charge in [-0.1, -0.05) is 24.3 Å². The highest BCUT2D eigenvalue weighted by Crippen LogP contribution is 2.44. The van der Waals surface area contributed by atoms with Gasteiger partial charge < -0.3 is 32.7 Å². The summed E-state index contributed by atoms with van der Waals surface area (Å²) in [5, 5.41) is 6.11. The van der Waals surface area contributed by atoms with Crippen molar-refractivity contribution in [3.8, 4) is 0 Å². The molecule has 2 fully saturated rings. The molecular weight excluding hydrogens is 781 g/mol. The first-order chi connectivity index (χ1) is 28.6. The van der Waals surface area contributed by atoms with Crippen LogP contribution in [-0.2, 0) is 25.9 Å². The predicted octanol–water partition coefficient (Wildman–Crippen LogP) is 5.89. The van der Waals surface area contributed by atoms with Crippen LogP contribution >= 0.6 is 0 Å². The Hall–Kier alpha value is -5.93. The number of hydrogen-bond donors (Lipinski definition) is 5. The molecule has 11 nitrogen and oxygen atoms in total. The van der Waals surface area contributed by atoms with E-state index in [4.69, 9.17) is 17.2 Å². The second-order valence-electron chi connectivity index (χ2n) is 16.1. The van der Waals surface area contributed by atoms with Crippen molar-refractivity contribution in [2.45, 2.75) is 64.5 Å². The van der Waals surface area contributed by atoms with Gasteiger partial charge in [-0.25, -0.2) is 22.4 Å². The summed E-state index contributed by atoms with van der Waals surface area (Å²) in [4.78, 5) is 60.8. The molecule has 8 rings (SSSR count). The fraction of sp³-hybridized carbons (Fsp3) is 0.356. The van der Waals surface area contributed by atoms with E-state index in [0.29, 0.717) is 67.4 Å². The van der Waals surface area contributed by atoms with Crippen LogP contribution in [0.5, 0.6) is 0 Å². The quantitative estimate of drug-likeness (QED) is 0.155. The topological polar surface area (TPSA) is 191 Å². The fourth-order valence-corrected chi connectivity index (χ4v) is 8.63. The number of piperidine rings is 2. The molecule has 0 radical (unpaired) electrons. The van der Waals surface area contributed by atoms with Gasteiger partial charge in [-0.3, -0.25) is 19.2 Å². The number of halogens is 4. The number of carbonyl (C=O) groups is 5. The fourth-order valence-electron chi connectivity index (χ4n) is 8.63. The number of Topliss-reactive ketones (excluding diaryl/α,β-unsaturated/α-hetero) is 2. The van der Waals surface area contributed by atoms with Gasteiger partial charge in [0.2, 0.25) is 0 Å². The minimum Gasteiger partial charge on any atom is -0.366 e. The van der Waals surface area contributed by atoms with Gasteiger partial charge in [0, 0.05) is 50.1 Å². The molecule has 4 amide bonds. The van der Waals surface area contributed by atoms with E-state index in [9.17, 15) is 41.5 Å². The zero-order chi connectivity index (χ0) is 43.2. The number of rotatable bonds is 5. The second kappa shape index (κ2) is 18.6. The molecule has 0 unspecified atom stereocenters. The molecule has 2 aliphatic heterocycles. The van der Waals surface area contributed by atoms with Gasteiger partial charge in [-0.05, 0) is 133 Å². The van der Waals surface area contributed by atoms with Gasteiger partial charge in [-0.15, -0.1) is 0 Å². The van der Waals surface area contributed by atoms with Crippen LogP contribution < -0.4 is 27.8 Å². The second-order valence-corrected chi connectivity index (χ2v) is 16.1.